The molecule has 0 fully saturated rings. The zero-order valence-electron chi connectivity index (χ0n) is 11.5. The lowest BCUT2D eigenvalue weighted by Gasteiger charge is -2.18. The standard InChI is InChI=1S/C15H17BrN2O/c1-9-5-6-10(11(16)7-9)14-17-12(15(2,3)4)8-13(19)18-14/h5-8H,1-4H3,(H,17,18,19). The van der Waals surface area contributed by atoms with E-state index in [9.17, 15) is 4.79 Å². The van der Waals surface area contributed by atoms with Gasteiger partial charge in [0.05, 0.1) is 5.69 Å². The molecule has 0 saturated heterocycles. The van der Waals surface area contributed by atoms with Crippen molar-refractivity contribution in [2.75, 3.05) is 0 Å². The molecule has 0 aliphatic rings. The first-order valence-electron chi connectivity index (χ1n) is 6.16. The van der Waals surface area contributed by atoms with Gasteiger partial charge in [-0.15, -0.1) is 0 Å². The number of aromatic amines is 1. The summed E-state index contributed by atoms with van der Waals surface area (Å²) in [5.41, 5.74) is 2.57. The van der Waals surface area contributed by atoms with Gasteiger partial charge in [-0.1, -0.05) is 42.8 Å². The van der Waals surface area contributed by atoms with Crippen LogP contribution >= 0.6 is 15.9 Å². The summed E-state index contributed by atoms with van der Waals surface area (Å²) in [7, 11) is 0. The second kappa shape index (κ2) is 4.93. The average molecular weight is 321 g/mol. The smallest absolute Gasteiger partial charge is 0.251 e. The van der Waals surface area contributed by atoms with E-state index in [0.717, 1.165) is 21.3 Å². The number of rotatable bonds is 1. The minimum absolute atomic E-state index is 0.123. The van der Waals surface area contributed by atoms with E-state index in [-0.39, 0.29) is 11.0 Å². The number of H-pyrrole nitrogens is 1. The molecule has 0 unspecified atom stereocenters. The van der Waals surface area contributed by atoms with Crippen molar-refractivity contribution < 1.29 is 0 Å². The Morgan fingerprint density at radius 1 is 1.21 bits per heavy atom. The van der Waals surface area contributed by atoms with E-state index < -0.39 is 0 Å². The van der Waals surface area contributed by atoms with Crippen molar-refractivity contribution in [2.45, 2.75) is 33.1 Å². The predicted octanol–water partition coefficient (Wildman–Crippen LogP) is 3.81. The third kappa shape index (κ3) is 3.13. The minimum Gasteiger partial charge on any atom is -0.306 e. The molecule has 0 aliphatic carbocycles. The monoisotopic (exact) mass is 320 g/mol. The van der Waals surface area contributed by atoms with Crippen LogP contribution in [0.1, 0.15) is 32.0 Å². The lowest BCUT2D eigenvalue weighted by molar-refractivity contribution is 0.566. The lowest BCUT2D eigenvalue weighted by Crippen LogP contribution is -2.20. The molecule has 0 aliphatic heterocycles. The van der Waals surface area contributed by atoms with Crippen LogP contribution in [0, 0.1) is 6.92 Å². The topological polar surface area (TPSA) is 45.8 Å². The minimum atomic E-state index is -0.153. The van der Waals surface area contributed by atoms with E-state index in [1.165, 1.54) is 0 Å². The molecule has 19 heavy (non-hydrogen) atoms. The maximum Gasteiger partial charge on any atom is 0.251 e. The molecule has 4 heteroatoms. The van der Waals surface area contributed by atoms with Crippen molar-refractivity contribution >= 4 is 15.9 Å². The Morgan fingerprint density at radius 3 is 2.47 bits per heavy atom. The molecule has 1 aromatic heterocycles. The van der Waals surface area contributed by atoms with Gasteiger partial charge in [-0.25, -0.2) is 4.98 Å². The zero-order valence-corrected chi connectivity index (χ0v) is 13.1. The summed E-state index contributed by atoms with van der Waals surface area (Å²) in [6, 6.07) is 7.54. The van der Waals surface area contributed by atoms with E-state index in [2.05, 4.69) is 25.9 Å². The molecule has 1 aromatic carbocycles. The fourth-order valence-electron chi connectivity index (χ4n) is 1.78. The molecule has 100 valence electrons. The normalized spacial score (nSPS) is 11.6. The summed E-state index contributed by atoms with van der Waals surface area (Å²) < 4.78 is 0.932. The Kier molecular flexibility index (Phi) is 3.63. The van der Waals surface area contributed by atoms with Crippen molar-refractivity contribution in [3.8, 4) is 11.4 Å². The summed E-state index contributed by atoms with van der Waals surface area (Å²) in [5, 5.41) is 0. The van der Waals surface area contributed by atoms with Gasteiger partial charge < -0.3 is 4.98 Å². The molecule has 1 heterocycles. The predicted molar refractivity (Wildman–Crippen MR) is 81.4 cm³/mol. The fraction of sp³-hybridized carbons (Fsp3) is 0.333. The van der Waals surface area contributed by atoms with Gasteiger partial charge in [0.25, 0.3) is 5.56 Å². The van der Waals surface area contributed by atoms with Crippen LogP contribution in [0.25, 0.3) is 11.4 Å². The SMILES string of the molecule is Cc1ccc(-c2nc(C(C)(C)C)cc(=O)[nH]2)c(Br)c1. The molecule has 0 spiro atoms. The van der Waals surface area contributed by atoms with E-state index in [1.807, 2.05) is 45.9 Å². The number of nitrogens with one attached hydrogen (secondary N) is 1. The highest BCUT2D eigenvalue weighted by Gasteiger charge is 2.18. The van der Waals surface area contributed by atoms with Crippen LogP contribution in [0.5, 0.6) is 0 Å². The number of nitrogens with zero attached hydrogens (tertiary/aromatic N) is 1. The van der Waals surface area contributed by atoms with Crippen LogP contribution in [0.2, 0.25) is 0 Å². The Hall–Kier alpha value is -1.42. The molecule has 0 atom stereocenters. The summed E-state index contributed by atoms with van der Waals surface area (Å²) in [4.78, 5) is 19.2. The molecule has 1 N–H and O–H groups in total. The first kappa shape index (κ1) is 14.0. The molecular formula is C15H17BrN2O. The fourth-order valence-corrected chi connectivity index (χ4v) is 2.46. The summed E-state index contributed by atoms with van der Waals surface area (Å²) >= 11 is 3.52. The van der Waals surface area contributed by atoms with Crippen molar-refractivity contribution in [1.82, 2.24) is 9.97 Å². The number of benzene rings is 1. The Labute approximate surface area is 121 Å². The summed E-state index contributed by atoms with van der Waals surface area (Å²) in [6.07, 6.45) is 0. The van der Waals surface area contributed by atoms with Gasteiger partial charge in [-0.05, 0) is 24.6 Å². The van der Waals surface area contributed by atoms with Gasteiger partial charge in [-0.2, -0.15) is 0 Å². The van der Waals surface area contributed by atoms with E-state index in [1.54, 1.807) is 6.07 Å². The van der Waals surface area contributed by atoms with Crippen molar-refractivity contribution in [3.05, 3.63) is 50.3 Å². The molecular weight excluding hydrogens is 304 g/mol. The molecule has 0 bridgehead atoms. The van der Waals surface area contributed by atoms with Crippen LogP contribution < -0.4 is 5.56 Å². The van der Waals surface area contributed by atoms with Gasteiger partial charge in [-0.3, -0.25) is 4.79 Å². The zero-order chi connectivity index (χ0) is 14.2. The van der Waals surface area contributed by atoms with E-state index >= 15 is 0 Å². The molecule has 0 radical (unpaired) electrons. The van der Waals surface area contributed by atoms with Crippen molar-refractivity contribution in [2.24, 2.45) is 0 Å². The van der Waals surface area contributed by atoms with Gasteiger partial charge in [0.15, 0.2) is 0 Å². The third-order valence-corrected chi connectivity index (χ3v) is 3.55. The maximum atomic E-state index is 11.8. The molecule has 2 rings (SSSR count). The van der Waals surface area contributed by atoms with E-state index in [4.69, 9.17) is 0 Å². The maximum absolute atomic E-state index is 11.8. The second-order valence-electron chi connectivity index (χ2n) is 5.71. The summed E-state index contributed by atoms with van der Waals surface area (Å²) in [5.74, 6) is 0.601. The molecule has 2 aromatic rings. The number of hydrogen-bond acceptors (Lipinski definition) is 2. The molecule has 3 nitrogen and oxygen atoms in total. The van der Waals surface area contributed by atoms with E-state index in [0.29, 0.717) is 5.82 Å². The van der Waals surface area contributed by atoms with Crippen LogP contribution in [-0.4, -0.2) is 9.97 Å². The first-order chi connectivity index (χ1) is 8.77. The number of halogens is 1. The number of hydrogen-bond donors (Lipinski definition) is 1. The molecule has 0 saturated carbocycles. The Morgan fingerprint density at radius 2 is 1.89 bits per heavy atom. The van der Waals surface area contributed by atoms with Crippen LogP contribution in [-0.2, 0) is 5.41 Å². The van der Waals surface area contributed by atoms with Gasteiger partial charge in [0.1, 0.15) is 5.82 Å². The Balaban J connectivity index is 2.63. The number of aryl methyl sites for hydroxylation is 1. The highest BCUT2D eigenvalue weighted by Crippen LogP contribution is 2.27. The van der Waals surface area contributed by atoms with Crippen molar-refractivity contribution in [1.29, 1.82) is 0 Å². The van der Waals surface area contributed by atoms with Crippen LogP contribution in [0.3, 0.4) is 0 Å². The van der Waals surface area contributed by atoms with Gasteiger partial charge in [0, 0.05) is 21.5 Å². The van der Waals surface area contributed by atoms with Crippen LogP contribution in [0.4, 0.5) is 0 Å². The second-order valence-corrected chi connectivity index (χ2v) is 6.57. The third-order valence-electron chi connectivity index (χ3n) is 2.89. The average Bonchev–Trinajstić information content (AvgIpc) is 2.26. The first-order valence-corrected chi connectivity index (χ1v) is 6.95. The quantitative estimate of drug-likeness (QED) is 0.868. The van der Waals surface area contributed by atoms with Gasteiger partial charge in [0.2, 0.25) is 0 Å². The Bertz CT molecular complexity index is 669. The summed E-state index contributed by atoms with van der Waals surface area (Å²) in [6.45, 7) is 8.16. The largest absolute Gasteiger partial charge is 0.306 e. The highest BCUT2D eigenvalue weighted by molar-refractivity contribution is 9.10. The highest BCUT2D eigenvalue weighted by atomic mass is 79.9. The lowest BCUT2D eigenvalue weighted by atomic mass is 9.92. The van der Waals surface area contributed by atoms with Gasteiger partial charge >= 0.3 is 0 Å². The van der Waals surface area contributed by atoms with Crippen LogP contribution in [0.15, 0.2) is 33.5 Å². The van der Waals surface area contributed by atoms with Crippen molar-refractivity contribution in [3.63, 3.8) is 0 Å². The molecule has 0 amide bonds. The number of aromatic nitrogens is 2.